The minimum atomic E-state index is -0.685. The Kier molecular flexibility index (Phi) is 7.01. The molecule has 0 atom stereocenters. The lowest BCUT2D eigenvalue weighted by Gasteiger charge is -2.10. The van der Waals surface area contributed by atoms with Crippen LogP contribution in [0, 0.1) is 13.8 Å². The van der Waals surface area contributed by atoms with Gasteiger partial charge in [0.2, 0.25) is 0 Å². The number of furan rings is 1. The van der Waals surface area contributed by atoms with E-state index in [4.69, 9.17) is 9.15 Å². The highest BCUT2D eigenvalue weighted by molar-refractivity contribution is 7.21. The van der Waals surface area contributed by atoms with E-state index in [-0.39, 0.29) is 11.3 Å². The second-order valence-corrected chi connectivity index (χ2v) is 9.68. The van der Waals surface area contributed by atoms with Crippen LogP contribution in [0.15, 0.2) is 83.5 Å². The largest absolute Gasteiger partial charge is 0.459 e. The molecule has 9 heteroatoms. The maximum Gasteiger partial charge on any atom is 0.338 e. The van der Waals surface area contributed by atoms with E-state index in [1.165, 1.54) is 24.0 Å². The third kappa shape index (κ3) is 5.63. The van der Waals surface area contributed by atoms with Gasteiger partial charge in [0.05, 0.1) is 22.0 Å². The average molecular weight is 526 g/mol. The van der Waals surface area contributed by atoms with E-state index >= 15 is 0 Å². The van der Waals surface area contributed by atoms with Crippen molar-refractivity contribution in [3.05, 3.63) is 102 Å². The van der Waals surface area contributed by atoms with Crippen molar-refractivity contribution in [2.75, 3.05) is 17.2 Å². The topological polar surface area (TPSA) is 111 Å². The predicted octanol–water partition coefficient (Wildman–Crippen LogP) is 6.22. The van der Waals surface area contributed by atoms with Gasteiger partial charge >= 0.3 is 5.97 Å². The van der Waals surface area contributed by atoms with E-state index in [0.717, 1.165) is 26.4 Å². The molecule has 2 heterocycles. The number of aromatic nitrogens is 1. The number of rotatable bonds is 7. The quantitative estimate of drug-likeness (QED) is 0.244. The number of carbonyl (C=O) groups excluding carboxylic acids is 3. The number of thiazole rings is 1. The molecule has 3 aromatic carbocycles. The van der Waals surface area contributed by atoms with Gasteiger partial charge in [-0.3, -0.25) is 9.59 Å². The Hall–Kier alpha value is -4.76. The molecule has 2 aromatic heterocycles. The Morgan fingerprint density at radius 2 is 1.76 bits per heavy atom. The summed E-state index contributed by atoms with van der Waals surface area (Å²) in [6.45, 7) is 3.39. The maximum absolute atomic E-state index is 12.5. The monoisotopic (exact) mass is 525 g/mol. The molecule has 0 spiro atoms. The summed E-state index contributed by atoms with van der Waals surface area (Å²) in [7, 11) is 0. The first kappa shape index (κ1) is 24.9. The Morgan fingerprint density at radius 1 is 0.947 bits per heavy atom. The number of ether oxygens (including phenoxy) is 1. The van der Waals surface area contributed by atoms with Crippen LogP contribution in [0.4, 0.5) is 11.4 Å². The number of aryl methyl sites for hydroxylation is 2. The van der Waals surface area contributed by atoms with Gasteiger partial charge in [0.25, 0.3) is 11.8 Å². The van der Waals surface area contributed by atoms with Crippen molar-refractivity contribution >= 4 is 50.7 Å². The summed E-state index contributed by atoms with van der Waals surface area (Å²) in [5, 5.41) is 6.33. The van der Waals surface area contributed by atoms with Crippen molar-refractivity contribution in [3.63, 3.8) is 0 Å². The van der Waals surface area contributed by atoms with Crippen LogP contribution in [-0.4, -0.2) is 29.4 Å². The van der Waals surface area contributed by atoms with Gasteiger partial charge in [0.1, 0.15) is 5.01 Å². The number of esters is 1. The molecular formula is C29H23N3O5S. The Bertz CT molecular complexity index is 1640. The highest BCUT2D eigenvalue weighted by Crippen LogP contribution is 2.31. The number of fused-ring (bicyclic) bond motifs is 1. The standard InChI is InChI=1S/C29H23N3O5S/c1-17-5-12-22-25(14-17)38-28(32-22)19-8-10-21(11-9-19)30-26(33)16-37-29(35)20-7-6-18(2)23(15-20)31-27(34)24-4-3-13-36-24/h3-15H,16H2,1-2H3,(H,30,33)(H,31,34). The number of anilines is 2. The number of carbonyl (C=O) groups is 3. The molecular weight excluding hydrogens is 502 g/mol. The van der Waals surface area contributed by atoms with E-state index in [0.29, 0.717) is 11.4 Å². The highest BCUT2D eigenvalue weighted by atomic mass is 32.1. The molecule has 0 saturated heterocycles. The first-order chi connectivity index (χ1) is 18.4. The van der Waals surface area contributed by atoms with Gasteiger partial charge in [-0.15, -0.1) is 11.3 Å². The van der Waals surface area contributed by atoms with E-state index < -0.39 is 24.4 Å². The Balaban J connectivity index is 1.17. The van der Waals surface area contributed by atoms with Crippen LogP contribution in [0.3, 0.4) is 0 Å². The lowest BCUT2D eigenvalue weighted by atomic mass is 10.1. The molecule has 0 aliphatic heterocycles. The minimum Gasteiger partial charge on any atom is -0.459 e. The van der Waals surface area contributed by atoms with Gasteiger partial charge in [-0.1, -0.05) is 12.1 Å². The second-order valence-electron chi connectivity index (χ2n) is 8.65. The summed E-state index contributed by atoms with van der Waals surface area (Å²) in [5.41, 5.74) is 5.06. The molecule has 190 valence electrons. The van der Waals surface area contributed by atoms with Crippen LogP contribution in [0.2, 0.25) is 0 Å². The van der Waals surface area contributed by atoms with Crippen molar-refractivity contribution in [3.8, 4) is 10.6 Å². The number of nitrogens with one attached hydrogen (secondary N) is 2. The Labute approximate surface area is 222 Å². The van der Waals surface area contributed by atoms with Crippen molar-refractivity contribution in [2.24, 2.45) is 0 Å². The molecule has 0 bridgehead atoms. The molecule has 8 nitrogen and oxygen atoms in total. The third-order valence-corrected chi connectivity index (χ3v) is 6.83. The third-order valence-electron chi connectivity index (χ3n) is 5.76. The van der Waals surface area contributed by atoms with Crippen LogP contribution in [0.1, 0.15) is 32.0 Å². The molecule has 5 aromatic rings. The maximum atomic E-state index is 12.5. The predicted molar refractivity (Wildman–Crippen MR) is 147 cm³/mol. The lowest BCUT2D eigenvalue weighted by Crippen LogP contribution is -2.21. The SMILES string of the molecule is Cc1ccc2nc(-c3ccc(NC(=O)COC(=O)c4ccc(C)c(NC(=O)c5ccco5)c4)cc3)sc2c1. The van der Waals surface area contributed by atoms with Crippen molar-refractivity contribution in [1.29, 1.82) is 0 Å². The summed E-state index contributed by atoms with van der Waals surface area (Å²) in [6.07, 6.45) is 1.40. The van der Waals surface area contributed by atoms with E-state index in [2.05, 4.69) is 28.6 Å². The normalized spacial score (nSPS) is 10.8. The van der Waals surface area contributed by atoms with Crippen LogP contribution < -0.4 is 10.6 Å². The summed E-state index contributed by atoms with van der Waals surface area (Å²) >= 11 is 1.61. The number of nitrogens with zero attached hydrogens (tertiary/aromatic N) is 1. The molecule has 0 radical (unpaired) electrons. The summed E-state index contributed by atoms with van der Waals surface area (Å²) < 4.78 is 11.4. The number of hydrogen-bond acceptors (Lipinski definition) is 7. The van der Waals surface area contributed by atoms with Crippen molar-refractivity contribution in [1.82, 2.24) is 4.98 Å². The zero-order chi connectivity index (χ0) is 26.6. The number of hydrogen-bond donors (Lipinski definition) is 2. The van der Waals surface area contributed by atoms with E-state index in [1.807, 2.05) is 24.3 Å². The molecule has 5 rings (SSSR count). The highest BCUT2D eigenvalue weighted by Gasteiger charge is 2.15. The van der Waals surface area contributed by atoms with Gasteiger partial charge in [0.15, 0.2) is 12.4 Å². The smallest absolute Gasteiger partial charge is 0.338 e. The zero-order valence-electron chi connectivity index (χ0n) is 20.6. The second kappa shape index (κ2) is 10.7. The van der Waals surface area contributed by atoms with Crippen LogP contribution >= 0.6 is 11.3 Å². The molecule has 0 saturated carbocycles. The van der Waals surface area contributed by atoms with Gasteiger partial charge in [-0.2, -0.15) is 0 Å². The Morgan fingerprint density at radius 3 is 2.53 bits per heavy atom. The van der Waals surface area contributed by atoms with Gasteiger partial charge in [-0.25, -0.2) is 9.78 Å². The summed E-state index contributed by atoms with van der Waals surface area (Å²) in [4.78, 5) is 41.9. The average Bonchev–Trinajstić information content (AvgIpc) is 3.59. The molecule has 2 amide bonds. The fourth-order valence-electron chi connectivity index (χ4n) is 3.74. The summed E-state index contributed by atoms with van der Waals surface area (Å²) in [6, 6.07) is 21.4. The first-order valence-corrected chi connectivity index (χ1v) is 12.6. The number of amides is 2. The lowest BCUT2D eigenvalue weighted by molar-refractivity contribution is -0.119. The first-order valence-electron chi connectivity index (χ1n) is 11.8. The zero-order valence-corrected chi connectivity index (χ0v) is 21.4. The van der Waals surface area contributed by atoms with Crippen LogP contribution in [0.5, 0.6) is 0 Å². The minimum absolute atomic E-state index is 0.150. The molecule has 0 aliphatic carbocycles. The van der Waals surface area contributed by atoms with Gasteiger partial charge < -0.3 is 19.8 Å². The molecule has 38 heavy (non-hydrogen) atoms. The van der Waals surface area contributed by atoms with Crippen LogP contribution in [0.25, 0.3) is 20.8 Å². The molecule has 0 unspecified atom stereocenters. The summed E-state index contributed by atoms with van der Waals surface area (Å²) in [5.74, 6) is -1.44. The number of benzene rings is 3. The molecule has 0 fully saturated rings. The van der Waals surface area contributed by atoms with Crippen LogP contribution in [-0.2, 0) is 9.53 Å². The van der Waals surface area contributed by atoms with Gasteiger partial charge in [0, 0.05) is 16.9 Å². The van der Waals surface area contributed by atoms with Crippen molar-refractivity contribution < 1.29 is 23.5 Å². The van der Waals surface area contributed by atoms with Gasteiger partial charge in [-0.05, 0) is 85.6 Å². The molecule has 2 N–H and O–H groups in total. The van der Waals surface area contributed by atoms with Crippen molar-refractivity contribution in [2.45, 2.75) is 13.8 Å². The fraction of sp³-hybridized carbons (Fsp3) is 0.103. The molecule has 0 aliphatic rings. The van der Waals surface area contributed by atoms with E-state index in [9.17, 15) is 14.4 Å². The van der Waals surface area contributed by atoms with E-state index in [1.54, 1.807) is 48.6 Å². The fourth-order valence-corrected chi connectivity index (χ4v) is 4.81.